The molecule has 3 N–H and O–H groups in total. The Balaban J connectivity index is 1.27. The van der Waals surface area contributed by atoms with Crippen molar-refractivity contribution in [1.29, 1.82) is 5.26 Å². The summed E-state index contributed by atoms with van der Waals surface area (Å²) in [6, 6.07) is 5.42. The van der Waals surface area contributed by atoms with Crippen LogP contribution < -0.4 is 11.1 Å². The zero-order chi connectivity index (χ0) is 19.7. The molecule has 3 saturated heterocycles. The second-order valence-electron chi connectivity index (χ2n) is 7.73. The van der Waals surface area contributed by atoms with E-state index in [0.717, 1.165) is 19.3 Å². The van der Waals surface area contributed by atoms with Crippen LogP contribution in [0.25, 0.3) is 0 Å². The molecule has 1 aromatic rings. The van der Waals surface area contributed by atoms with E-state index in [1.54, 1.807) is 21.9 Å². The quantitative estimate of drug-likeness (QED) is 0.816. The summed E-state index contributed by atoms with van der Waals surface area (Å²) in [5, 5.41) is 12.1. The van der Waals surface area contributed by atoms with Gasteiger partial charge in [0.2, 0.25) is 0 Å². The Morgan fingerprint density at radius 1 is 1.25 bits per heavy atom. The lowest BCUT2D eigenvalue weighted by atomic mass is 10.0. The van der Waals surface area contributed by atoms with Crippen LogP contribution in [0.15, 0.2) is 18.3 Å². The summed E-state index contributed by atoms with van der Waals surface area (Å²) in [4.78, 5) is 31.8. The first-order valence-electron chi connectivity index (χ1n) is 9.69. The van der Waals surface area contributed by atoms with Crippen LogP contribution in [0.2, 0.25) is 0 Å². The highest BCUT2D eigenvalue weighted by atomic mass is 16.6. The van der Waals surface area contributed by atoms with Crippen molar-refractivity contribution < 1.29 is 14.3 Å². The maximum atomic E-state index is 12.6. The lowest BCUT2D eigenvalue weighted by Crippen LogP contribution is -2.51. The minimum absolute atomic E-state index is 0.0875. The van der Waals surface area contributed by atoms with Gasteiger partial charge >= 0.3 is 12.1 Å². The van der Waals surface area contributed by atoms with E-state index >= 15 is 0 Å². The first kappa shape index (κ1) is 18.3. The van der Waals surface area contributed by atoms with Gasteiger partial charge in [-0.1, -0.05) is 0 Å². The summed E-state index contributed by atoms with van der Waals surface area (Å²) in [6.07, 6.45) is 5.05. The Bertz CT molecular complexity index is 778. The van der Waals surface area contributed by atoms with E-state index in [4.69, 9.17) is 15.7 Å². The predicted octanol–water partition coefficient (Wildman–Crippen LogP) is 1.65. The van der Waals surface area contributed by atoms with Crippen molar-refractivity contribution in [2.75, 3.05) is 18.4 Å². The lowest BCUT2D eigenvalue weighted by Gasteiger charge is -2.37. The van der Waals surface area contributed by atoms with Gasteiger partial charge < -0.3 is 25.6 Å². The third kappa shape index (κ3) is 3.67. The van der Waals surface area contributed by atoms with Gasteiger partial charge in [-0.05, 0) is 31.4 Å². The van der Waals surface area contributed by atoms with Crippen LogP contribution in [0.3, 0.4) is 0 Å². The van der Waals surface area contributed by atoms with Gasteiger partial charge in [0, 0.05) is 50.3 Å². The Hall–Kier alpha value is -3.02. The number of hydrogen-bond donors (Lipinski definition) is 2. The number of rotatable bonds is 3. The van der Waals surface area contributed by atoms with Gasteiger partial charge in [0.05, 0.1) is 5.56 Å². The number of likely N-dealkylation sites (tertiary alicyclic amines) is 1. The molecule has 3 atom stereocenters. The zero-order valence-electron chi connectivity index (χ0n) is 15.6. The first-order chi connectivity index (χ1) is 13.5. The average molecular weight is 384 g/mol. The van der Waals surface area contributed by atoms with Crippen LogP contribution in [0.5, 0.6) is 0 Å². The molecule has 2 bridgehead atoms. The number of nitrogens with zero attached hydrogens (tertiary/aromatic N) is 4. The molecule has 1 aromatic heterocycles. The number of primary amides is 1. The fourth-order valence-corrected chi connectivity index (χ4v) is 4.60. The van der Waals surface area contributed by atoms with Crippen LogP contribution in [0.4, 0.5) is 15.4 Å². The van der Waals surface area contributed by atoms with E-state index in [1.807, 2.05) is 6.07 Å². The molecule has 3 fully saturated rings. The standard InChI is InChI=1S/C19H24N6O3/c20-9-12-1-4-17(22-10-12)23-13-5-6-24(11-13)19(27)28-16-7-14-2-3-15(8-16)25(14)18(21)26/h1,4,10,13-16H,2-3,5-8,11H2,(H2,21,26)(H,22,23). The number of anilines is 1. The van der Waals surface area contributed by atoms with Gasteiger partial charge in [0.1, 0.15) is 18.0 Å². The molecule has 3 amide bonds. The van der Waals surface area contributed by atoms with E-state index < -0.39 is 0 Å². The van der Waals surface area contributed by atoms with E-state index in [9.17, 15) is 9.59 Å². The van der Waals surface area contributed by atoms with Crippen molar-refractivity contribution in [2.45, 2.75) is 56.3 Å². The number of urea groups is 1. The monoisotopic (exact) mass is 384 g/mol. The summed E-state index contributed by atoms with van der Waals surface area (Å²) >= 11 is 0. The van der Waals surface area contributed by atoms with E-state index in [1.165, 1.54) is 6.20 Å². The Morgan fingerprint density at radius 2 is 2.00 bits per heavy atom. The molecule has 0 aromatic carbocycles. The summed E-state index contributed by atoms with van der Waals surface area (Å²) in [6.45, 7) is 1.17. The molecule has 0 aliphatic carbocycles. The molecule has 148 valence electrons. The van der Waals surface area contributed by atoms with Gasteiger partial charge in [0.25, 0.3) is 0 Å². The molecule has 0 spiro atoms. The number of nitrogens with one attached hydrogen (secondary N) is 1. The number of piperidine rings is 1. The minimum atomic E-state index is -0.373. The van der Waals surface area contributed by atoms with Crippen molar-refractivity contribution in [3.63, 3.8) is 0 Å². The lowest BCUT2D eigenvalue weighted by molar-refractivity contribution is 0.0187. The third-order valence-electron chi connectivity index (χ3n) is 5.90. The Morgan fingerprint density at radius 3 is 2.61 bits per heavy atom. The molecule has 0 radical (unpaired) electrons. The number of ether oxygens (including phenoxy) is 1. The summed E-state index contributed by atoms with van der Waals surface area (Å²) < 4.78 is 5.74. The summed E-state index contributed by atoms with van der Waals surface area (Å²) in [5.74, 6) is 0.689. The number of carbonyl (C=O) groups is 2. The second-order valence-corrected chi connectivity index (χ2v) is 7.73. The maximum absolute atomic E-state index is 12.6. The molecule has 9 heteroatoms. The number of nitrogens with two attached hydrogens (primary N) is 1. The molecule has 0 saturated carbocycles. The largest absolute Gasteiger partial charge is 0.446 e. The fourth-order valence-electron chi connectivity index (χ4n) is 4.60. The number of amides is 3. The second kappa shape index (κ2) is 7.54. The summed E-state index contributed by atoms with van der Waals surface area (Å²) in [5.41, 5.74) is 5.98. The van der Waals surface area contributed by atoms with Gasteiger partial charge in [-0.2, -0.15) is 5.26 Å². The van der Waals surface area contributed by atoms with Crippen molar-refractivity contribution in [3.05, 3.63) is 23.9 Å². The molecule has 28 heavy (non-hydrogen) atoms. The number of nitriles is 1. The predicted molar refractivity (Wildman–Crippen MR) is 100 cm³/mol. The van der Waals surface area contributed by atoms with Crippen molar-refractivity contribution >= 4 is 17.9 Å². The average Bonchev–Trinajstić information content (AvgIpc) is 3.25. The maximum Gasteiger partial charge on any atom is 0.410 e. The molecule has 3 aliphatic heterocycles. The van der Waals surface area contributed by atoms with E-state index in [2.05, 4.69) is 10.3 Å². The van der Waals surface area contributed by atoms with Crippen LogP contribution in [0.1, 0.15) is 37.7 Å². The van der Waals surface area contributed by atoms with Crippen molar-refractivity contribution in [3.8, 4) is 6.07 Å². The molecular formula is C19H24N6O3. The fraction of sp³-hybridized carbons (Fsp3) is 0.579. The molecule has 3 aliphatic rings. The Labute approximate surface area is 163 Å². The van der Waals surface area contributed by atoms with Gasteiger partial charge in [-0.15, -0.1) is 0 Å². The van der Waals surface area contributed by atoms with Crippen LogP contribution in [-0.4, -0.2) is 64.2 Å². The summed E-state index contributed by atoms with van der Waals surface area (Å²) in [7, 11) is 0. The highest BCUT2D eigenvalue weighted by Gasteiger charge is 2.44. The highest BCUT2D eigenvalue weighted by Crippen LogP contribution is 2.36. The minimum Gasteiger partial charge on any atom is -0.446 e. The molecule has 9 nitrogen and oxygen atoms in total. The smallest absolute Gasteiger partial charge is 0.410 e. The van der Waals surface area contributed by atoms with Crippen LogP contribution in [0, 0.1) is 11.3 Å². The first-order valence-corrected chi connectivity index (χ1v) is 9.69. The third-order valence-corrected chi connectivity index (χ3v) is 5.90. The molecule has 4 rings (SSSR count). The van der Waals surface area contributed by atoms with Gasteiger partial charge in [0.15, 0.2) is 0 Å². The number of pyridine rings is 1. The van der Waals surface area contributed by atoms with Crippen LogP contribution >= 0.6 is 0 Å². The van der Waals surface area contributed by atoms with Crippen molar-refractivity contribution in [1.82, 2.24) is 14.8 Å². The molecule has 4 heterocycles. The van der Waals surface area contributed by atoms with E-state index in [-0.39, 0.29) is 36.4 Å². The Kier molecular flexibility index (Phi) is 4.94. The van der Waals surface area contributed by atoms with Gasteiger partial charge in [-0.25, -0.2) is 14.6 Å². The van der Waals surface area contributed by atoms with Crippen molar-refractivity contribution in [2.24, 2.45) is 5.73 Å². The molecular weight excluding hydrogens is 360 g/mol. The topological polar surface area (TPSA) is 125 Å². The number of aromatic nitrogens is 1. The van der Waals surface area contributed by atoms with Gasteiger partial charge in [-0.3, -0.25) is 0 Å². The van der Waals surface area contributed by atoms with Crippen LogP contribution in [-0.2, 0) is 4.74 Å². The highest BCUT2D eigenvalue weighted by molar-refractivity contribution is 5.73. The number of hydrogen-bond acceptors (Lipinski definition) is 6. The van der Waals surface area contributed by atoms with E-state index in [0.29, 0.717) is 37.3 Å². The zero-order valence-corrected chi connectivity index (χ0v) is 15.6. The SMILES string of the molecule is N#Cc1ccc(NC2CCN(C(=O)OC3CC4CCC(C3)N4C(N)=O)C2)nc1. The molecule has 3 unspecified atom stereocenters. The normalized spacial score (nSPS) is 28.7. The number of fused-ring (bicyclic) bond motifs is 2. The number of carbonyl (C=O) groups excluding carboxylic acids is 2.